The molecule has 0 saturated carbocycles. The zero-order valence-electron chi connectivity index (χ0n) is 12.5. The van der Waals surface area contributed by atoms with Gasteiger partial charge >= 0.3 is 0 Å². The smallest absolute Gasteiger partial charge is 0.223 e. The van der Waals surface area contributed by atoms with Crippen LogP contribution in [0.25, 0.3) is 0 Å². The number of carbonyl (C=O) groups excluding carboxylic acids is 1. The number of piperidine rings is 1. The van der Waals surface area contributed by atoms with E-state index in [9.17, 15) is 4.79 Å². The van der Waals surface area contributed by atoms with Gasteiger partial charge in [0.15, 0.2) is 0 Å². The van der Waals surface area contributed by atoms with Gasteiger partial charge in [-0.1, -0.05) is 26.7 Å². The van der Waals surface area contributed by atoms with Crippen LogP contribution in [0, 0.1) is 5.92 Å². The Morgan fingerprint density at radius 2 is 1.89 bits per heavy atom. The number of ether oxygens (including phenoxy) is 1. The highest BCUT2D eigenvalue weighted by molar-refractivity contribution is 5.78. The molecular weight excluding hydrogens is 240 g/mol. The molecule has 0 unspecified atom stereocenters. The molecule has 4 nitrogen and oxygen atoms in total. The van der Waals surface area contributed by atoms with Crippen LogP contribution < -0.4 is 10.6 Å². The molecule has 0 atom stereocenters. The highest BCUT2D eigenvalue weighted by Crippen LogP contribution is 2.13. The molecule has 19 heavy (non-hydrogen) atoms. The summed E-state index contributed by atoms with van der Waals surface area (Å²) >= 11 is 0. The minimum Gasteiger partial charge on any atom is -0.376 e. The first-order chi connectivity index (χ1) is 9.27. The molecule has 0 aromatic carbocycles. The molecule has 1 heterocycles. The lowest BCUT2D eigenvalue weighted by molar-refractivity contribution is -0.125. The van der Waals surface area contributed by atoms with E-state index in [-0.39, 0.29) is 11.8 Å². The standard InChI is InChI=1S/C15H30N2O2/c1-3-5-13(6-4-2)15(18)17-11-12-19-14-7-9-16-10-8-14/h13-14,16H,3-12H2,1-2H3,(H,17,18). The minimum atomic E-state index is 0.189. The molecule has 1 saturated heterocycles. The van der Waals surface area contributed by atoms with Crippen LogP contribution in [0.5, 0.6) is 0 Å². The lowest BCUT2D eigenvalue weighted by Crippen LogP contribution is -2.36. The highest BCUT2D eigenvalue weighted by Gasteiger charge is 2.16. The third-order valence-corrected chi connectivity index (χ3v) is 3.69. The summed E-state index contributed by atoms with van der Waals surface area (Å²) in [6.07, 6.45) is 6.68. The summed E-state index contributed by atoms with van der Waals surface area (Å²) in [6, 6.07) is 0. The summed E-state index contributed by atoms with van der Waals surface area (Å²) in [5.74, 6) is 0.395. The van der Waals surface area contributed by atoms with E-state index in [1.165, 1.54) is 0 Å². The van der Waals surface area contributed by atoms with E-state index in [4.69, 9.17) is 4.74 Å². The molecule has 1 fully saturated rings. The Balaban J connectivity index is 2.10. The Bertz CT molecular complexity index is 234. The van der Waals surface area contributed by atoms with Crippen molar-refractivity contribution in [2.24, 2.45) is 5.92 Å². The van der Waals surface area contributed by atoms with Gasteiger partial charge in [0, 0.05) is 12.5 Å². The Morgan fingerprint density at radius 3 is 2.47 bits per heavy atom. The first-order valence-corrected chi connectivity index (χ1v) is 7.88. The van der Waals surface area contributed by atoms with Gasteiger partial charge in [-0.05, 0) is 38.8 Å². The summed E-state index contributed by atoms with van der Waals surface area (Å²) in [5, 5.41) is 6.33. The summed E-state index contributed by atoms with van der Waals surface area (Å²) in [7, 11) is 0. The normalized spacial score (nSPS) is 16.8. The second kappa shape index (κ2) is 10.2. The number of hydrogen-bond acceptors (Lipinski definition) is 3. The van der Waals surface area contributed by atoms with Gasteiger partial charge in [-0.2, -0.15) is 0 Å². The quantitative estimate of drug-likeness (QED) is 0.631. The van der Waals surface area contributed by atoms with Crippen molar-refractivity contribution in [1.82, 2.24) is 10.6 Å². The molecule has 0 spiro atoms. The predicted molar refractivity (Wildman–Crippen MR) is 78.2 cm³/mol. The van der Waals surface area contributed by atoms with Crippen molar-refractivity contribution in [3.8, 4) is 0 Å². The maximum atomic E-state index is 12.0. The first-order valence-electron chi connectivity index (χ1n) is 7.88. The maximum absolute atomic E-state index is 12.0. The van der Waals surface area contributed by atoms with E-state index < -0.39 is 0 Å². The van der Waals surface area contributed by atoms with Crippen molar-refractivity contribution in [2.75, 3.05) is 26.2 Å². The Hall–Kier alpha value is -0.610. The van der Waals surface area contributed by atoms with Crippen LogP contribution in [-0.2, 0) is 9.53 Å². The van der Waals surface area contributed by atoms with E-state index >= 15 is 0 Å². The largest absolute Gasteiger partial charge is 0.376 e. The summed E-state index contributed by atoms with van der Waals surface area (Å²) < 4.78 is 5.78. The lowest BCUT2D eigenvalue weighted by atomic mass is 9.97. The molecule has 0 aliphatic carbocycles. The fourth-order valence-corrected chi connectivity index (χ4v) is 2.61. The third-order valence-electron chi connectivity index (χ3n) is 3.69. The van der Waals surface area contributed by atoms with Gasteiger partial charge in [0.05, 0.1) is 12.7 Å². The predicted octanol–water partition coefficient (Wildman–Crippen LogP) is 2.09. The molecule has 0 aromatic heterocycles. The fourth-order valence-electron chi connectivity index (χ4n) is 2.61. The second-order valence-electron chi connectivity index (χ2n) is 5.39. The molecular formula is C15H30N2O2. The Labute approximate surface area is 117 Å². The summed E-state index contributed by atoms with van der Waals surface area (Å²) in [4.78, 5) is 12.0. The number of rotatable bonds is 9. The van der Waals surface area contributed by atoms with Gasteiger partial charge in [0.2, 0.25) is 5.91 Å². The molecule has 0 aromatic rings. The van der Waals surface area contributed by atoms with Crippen molar-refractivity contribution < 1.29 is 9.53 Å². The molecule has 1 aliphatic heterocycles. The molecule has 1 amide bonds. The Kier molecular flexibility index (Phi) is 8.84. The average Bonchev–Trinajstić information content (AvgIpc) is 2.44. The van der Waals surface area contributed by atoms with Gasteiger partial charge in [0.25, 0.3) is 0 Å². The minimum absolute atomic E-state index is 0.189. The fraction of sp³-hybridized carbons (Fsp3) is 0.933. The first kappa shape index (κ1) is 16.4. The molecule has 4 heteroatoms. The number of carbonyl (C=O) groups is 1. The average molecular weight is 270 g/mol. The molecule has 2 N–H and O–H groups in total. The van der Waals surface area contributed by atoms with Gasteiger partial charge < -0.3 is 15.4 Å². The molecule has 112 valence electrons. The van der Waals surface area contributed by atoms with Crippen molar-refractivity contribution in [2.45, 2.75) is 58.5 Å². The Morgan fingerprint density at radius 1 is 1.26 bits per heavy atom. The van der Waals surface area contributed by atoms with Gasteiger partial charge in [-0.15, -0.1) is 0 Å². The second-order valence-corrected chi connectivity index (χ2v) is 5.39. The van der Waals surface area contributed by atoms with E-state index in [2.05, 4.69) is 24.5 Å². The van der Waals surface area contributed by atoms with Crippen LogP contribution in [0.3, 0.4) is 0 Å². The van der Waals surface area contributed by atoms with Crippen molar-refractivity contribution in [3.63, 3.8) is 0 Å². The lowest BCUT2D eigenvalue weighted by Gasteiger charge is -2.23. The van der Waals surface area contributed by atoms with Crippen LogP contribution in [0.2, 0.25) is 0 Å². The SMILES string of the molecule is CCCC(CCC)C(=O)NCCOC1CCNCC1. The van der Waals surface area contributed by atoms with Crippen LogP contribution in [0.15, 0.2) is 0 Å². The molecule has 1 aliphatic rings. The van der Waals surface area contributed by atoms with Crippen LogP contribution in [0.4, 0.5) is 0 Å². The zero-order chi connectivity index (χ0) is 13.9. The molecule has 1 rings (SSSR count). The summed E-state index contributed by atoms with van der Waals surface area (Å²) in [6.45, 7) is 7.65. The van der Waals surface area contributed by atoms with Gasteiger partial charge in [-0.3, -0.25) is 4.79 Å². The van der Waals surface area contributed by atoms with Crippen molar-refractivity contribution in [3.05, 3.63) is 0 Å². The van der Waals surface area contributed by atoms with Crippen LogP contribution >= 0.6 is 0 Å². The molecule has 0 bridgehead atoms. The van der Waals surface area contributed by atoms with Crippen molar-refractivity contribution >= 4 is 5.91 Å². The van der Waals surface area contributed by atoms with Crippen LogP contribution in [0.1, 0.15) is 52.4 Å². The van der Waals surface area contributed by atoms with E-state index in [1.54, 1.807) is 0 Å². The van der Waals surface area contributed by atoms with Crippen molar-refractivity contribution in [1.29, 1.82) is 0 Å². The number of hydrogen-bond donors (Lipinski definition) is 2. The number of amides is 1. The third kappa shape index (κ3) is 6.92. The highest BCUT2D eigenvalue weighted by atomic mass is 16.5. The van der Waals surface area contributed by atoms with Gasteiger partial charge in [0.1, 0.15) is 0 Å². The van der Waals surface area contributed by atoms with Gasteiger partial charge in [-0.25, -0.2) is 0 Å². The van der Waals surface area contributed by atoms with Crippen LogP contribution in [-0.4, -0.2) is 38.3 Å². The zero-order valence-corrected chi connectivity index (χ0v) is 12.5. The number of nitrogens with one attached hydrogen (secondary N) is 2. The van der Waals surface area contributed by atoms with E-state index in [0.717, 1.165) is 51.6 Å². The monoisotopic (exact) mass is 270 g/mol. The maximum Gasteiger partial charge on any atom is 0.223 e. The van der Waals surface area contributed by atoms with E-state index in [1.807, 2.05) is 0 Å². The molecule has 0 radical (unpaired) electrons. The topological polar surface area (TPSA) is 50.4 Å². The summed E-state index contributed by atoms with van der Waals surface area (Å²) in [5.41, 5.74) is 0. The van der Waals surface area contributed by atoms with E-state index in [0.29, 0.717) is 19.3 Å².